The Bertz CT molecular complexity index is 884. The molecule has 0 radical (unpaired) electrons. The lowest BCUT2D eigenvalue weighted by Gasteiger charge is -2.23. The van der Waals surface area contributed by atoms with Crippen LogP contribution in [-0.2, 0) is 9.47 Å². The normalized spacial score (nSPS) is 16.1. The zero-order valence-electron chi connectivity index (χ0n) is 16.6. The molecule has 1 fully saturated rings. The molecular formula is C21H24ClNO7. The number of anilines is 1. The van der Waals surface area contributed by atoms with Crippen LogP contribution < -0.4 is 19.9 Å². The lowest BCUT2D eigenvalue weighted by atomic mass is 10.1. The van der Waals surface area contributed by atoms with Crippen LogP contribution in [0.4, 0.5) is 5.69 Å². The first kappa shape index (κ1) is 22.0. The number of ether oxygens (including phenoxy) is 5. The summed E-state index contributed by atoms with van der Waals surface area (Å²) in [5.41, 5.74) is 6.13. The van der Waals surface area contributed by atoms with Crippen LogP contribution in [0, 0.1) is 0 Å². The fourth-order valence-electron chi connectivity index (χ4n) is 2.94. The van der Waals surface area contributed by atoms with Crippen molar-refractivity contribution in [2.75, 3.05) is 32.7 Å². The Morgan fingerprint density at radius 1 is 1.23 bits per heavy atom. The number of carboxylic acid groups (broad SMARTS) is 1. The number of hydrogen-bond donors (Lipinski definition) is 2. The van der Waals surface area contributed by atoms with E-state index in [1.807, 2.05) is 0 Å². The van der Waals surface area contributed by atoms with E-state index in [4.69, 9.17) is 41.0 Å². The maximum Gasteiger partial charge on any atom is 0.335 e. The maximum atomic E-state index is 11.4. The van der Waals surface area contributed by atoms with Crippen LogP contribution in [0.25, 0.3) is 0 Å². The summed E-state index contributed by atoms with van der Waals surface area (Å²) in [5, 5.41) is 9.67. The molecule has 1 saturated heterocycles. The number of carbonyl (C=O) groups is 1. The van der Waals surface area contributed by atoms with Crippen molar-refractivity contribution in [2.24, 2.45) is 0 Å². The Morgan fingerprint density at radius 2 is 2.07 bits per heavy atom. The molecule has 1 unspecified atom stereocenters. The average Bonchev–Trinajstić information content (AvgIpc) is 2.75. The van der Waals surface area contributed by atoms with Gasteiger partial charge in [0.05, 0.1) is 30.0 Å². The van der Waals surface area contributed by atoms with Crippen molar-refractivity contribution < 1.29 is 33.6 Å². The largest absolute Gasteiger partial charge is 0.497 e. The molecule has 3 rings (SSSR count). The molecule has 1 aliphatic rings. The molecule has 3 N–H and O–H groups in total. The standard InChI is InChI=1S/C21H24ClNO7/c1-26-14-5-6-15(22)17(12-14)30-20-16(23)10-13(21(24)25)11-18(20)27-8-9-29-19-4-2-3-7-28-19/h5-6,10-12,19H,2-4,7-9,23H2,1H3,(H,24,25). The molecule has 0 aliphatic carbocycles. The predicted octanol–water partition coefficient (Wildman–Crippen LogP) is 4.34. The first-order valence-corrected chi connectivity index (χ1v) is 9.90. The summed E-state index contributed by atoms with van der Waals surface area (Å²) >= 11 is 6.21. The van der Waals surface area contributed by atoms with E-state index in [0.717, 1.165) is 19.3 Å². The van der Waals surface area contributed by atoms with Gasteiger partial charge in [-0.15, -0.1) is 0 Å². The van der Waals surface area contributed by atoms with Gasteiger partial charge in [0.2, 0.25) is 0 Å². The zero-order valence-corrected chi connectivity index (χ0v) is 17.3. The minimum absolute atomic E-state index is 0.0249. The van der Waals surface area contributed by atoms with E-state index >= 15 is 0 Å². The van der Waals surface area contributed by atoms with E-state index in [-0.39, 0.29) is 42.3 Å². The van der Waals surface area contributed by atoms with Crippen molar-refractivity contribution >= 4 is 23.3 Å². The molecule has 1 heterocycles. The molecule has 8 nitrogen and oxygen atoms in total. The molecule has 9 heteroatoms. The zero-order chi connectivity index (χ0) is 21.5. The number of halogens is 1. The third-order valence-corrected chi connectivity index (χ3v) is 4.78. The van der Waals surface area contributed by atoms with Crippen molar-refractivity contribution in [1.29, 1.82) is 0 Å². The number of nitrogen functional groups attached to an aromatic ring is 1. The molecule has 162 valence electrons. The minimum Gasteiger partial charge on any atom is -0.497 e. The van der Waals surface area contributed by atoms with Gasteiger partial charge in [0, 0.05) is 12.7 Å². The number of carboxylic acids is 1. The topological polar surface area (TPSA) is 109 Å². The van der Waals surface area contributed by atoms with E-state index in [9.17, 15) is 9.90 Å². The van der Waals surface area contributed by atoms with Crippen molar-refractivity contribution in [3.63, 3.8) is 0 Å². The summed E-state index contributed by atoms with van der Waals surface area (Å²) in [5.74, 6) is 0.0221. The van der Waals surface area contributed by atoms with Crippen LogP contribution >= 0.6 is 11.6 Å². The molecule has 0 aromatic heterocycles. The number of methoxy groups -OCH3 is 1. The molecule has 0 saturated carbocycles. The van der Waals surface area contributed by atoms with E-state index in [2.05, 4.69) is 0 Å². The van der Waals surface area contributed by atoms with Crippen LogP contribution in [0.1, 0.15) is 29.6 Å². The van der Waals surface area contributed by atoms with Gasteiger partial charge >= 0.3 is 5.97 Å². The fraction of sp³-hybridized carbons (Fsp3) is 0.381. The van der Waals surface area contributed by atoms with Crippen LogP contribution in [0.2, 0.25) is 5.02 Å². The molecule has 30 heavy (non-hydrogen) atoms. The van der Waals surface area contributed by atoms with Crippen molar-refractivity contribution in [2.45, 2.75) is 25.6 Å². The highest BCUT2D eigenvalue weighted by molar-refractivity contribution is 6.32. The molecular weight excluding hydrogens is 414 g/mol. The van der Waals surface area contributed by atoms with Crippen LogP contribution in [0.5, 0.6) is 23.0 Å². The van der Waals surface area contributed by atoms with Gasteiger partial charge in [-0.3, -0.25) is 0 Å². The van der Waals surface area contributed by atoms with E-state index in [1.165, 1.54) is 19.2 Å². The van der Waals surface area contributed by atoms with Gasteiger partial charge in [-0.2, -0.15) is 0 Å². The van der Waals surface area contributed by atoms with Crippen molar-refractivity contribution in [1.82, 2.24) is 0 Å². The van der Waals surface area contributed by atoms with Crippen molar-refractivity contribution in [3.8, 4) is 23.0 Å². The van der Waals surface area contributed by atoms with Crippen LogP contribution in [-0.4, -0.2) is 44.3 Å². The average molecular weight is 438 g/mol. The van der Waals surface area contributed by atoms with Gasteiger partial charge in [0.15, 0.2) is 17.8 Å². The second kappa shape index (κ2) is 10.4. The highest BCUT2D eigenvalue weighted by Crippen LogP contribution is 2.41. The Hall–Kier alpha value is -2.68. The monoisotopic (exact) mass is 437 g/mol. The second-order valence-corrected chi connectivity index (χ2v) is 7.02. The second-order valence-electron chi connectivity index (χ2n) is 6.61. The maximum absolute atomic E-state index is 11.4. The summed E-state index contributed by atoms with van der Waals surface area (Å²) in [6.45, 7) is 1.10. The highest BCUT2D eigenvalue weighted by atomic mass is 35.5. The van der Waals surface area contributed by atoms with Gasteiger partial charge < -0.3 is 34.5 Å². The third-order valence-electron chi connectivity index (χ3n) is 4.46. The molecule has 2 aromatic rings. The number of aromatic carboxylic acids is 1. The summed E-state index contributed by atoms with van der Waals surface area (Å²) in [6, 6.07) is 7.55. The highest BCUT2D eigenvalue weighted by Gasteiger charge is 2.19. The van der Waals surface area contributed by atoms with Crippen molar-refractivity contribution in [3.05, 3.63) is 40.9 Å². The summed E-state index contributed by atoms with van der Waals surface area (Å²) < 4.78 is 28.0. The molecule has 0 bridgehead atoms. The van der Waals surface area contributed by atoms with Gasteiger partial charge in [0.1, 0.15) is 18.1 Å². The third kappa shape index (κ3) is 5.69. The van der Waals surface area contributed by atoms with E-state index in [1.54, 1.807) is 18.2 Å². The van der Waals surface area contributed by atoms with Gasteiger partial charge in [-0.05, 0) is 43.5 Å². The Balaban J connectivity index is 1.76. The van der Waals surface area contributed by atoms with Crippen LogP contribution in [0.3, 0.4) is 0 Å². The van der Waals surface area contributed by atoms with Crippen LogP contribution in [0.15, 0.2) is 30.3 Å². The lowest BCUT2D eigenvalue weighted by Crippen LogP contribution is -2.24. The summed E-state index contributed by atoms with van der Waals surface area (Å²) in [4.78, 5) is 11.4. The Labute approximate surface area is 179 Å². The minimum atomic E-state index is -1.13. The fourth-order valence-corrected chi connectivity index (χ4v) is 3.09. The molecule has 1 atom stereocenters. The van der Waals surface area contributed by atoms with E-state index < -0.39 is 5.97 Å². The molecule has 0 spiro atoms. The lowest BCUT2D eigenvalue weighted by molar-refractivity contribution is -0.165. The van der Waals surface area contributed by atoms with Gasteiger partial charge in [-0.25, -0.2) is 4.79 Å². The summed E-state index contributed by atoms with van der Waals surface area (Å²) in [7, 11) is 1.52. The number of hydrogen-bond acceptors (Lipinski definition) is 7. The van der Waals surface area contributed by atoms with Gasteiger partial charge in [0.25, 0.3) is 0 Å². The Morgan fingerprint density at radius 3 is 2.77 bits per heavy atom. The Kier molecular flexibility index (Phi) is 7.62. The number of nitrogens with two attached hydrogens (primary N) is 1. The summed E-state index contributed by atoms with van der Waals surface area (Å²) in [6.07, 6.45) is 2.68. The number of benzene rings is 2. The van der Waals surface area contributed by atoms with Gasteiger partial charge in [-0.1, -0.05) is 11.6 Å². The molecule has 2 aromatic carbocycles. The quantitative estimate of drug-likeness (QED) is 0.440. The first-order chi connectivity index (χ1) is 14.5. The predicted molar refractivity (Wildman–Crippen MR) is 111 cm³/mol. The first-order valence-electron chi connectivity index (χ1n) is 9.52. The smallest absolute Gasteiger partial charge is 0.335 e. The molecule has 1 aliphatic heterocycles. The number of rotatable bonds is 9. The molecule has 0 amide bonds. The SMILES string of the molecule is COc1ccc(Cl)c(Oc2c(N)cc(C(=O)O)cc2OCCOC2CCCCO2)c1. The van der Waals surface area contributed by atoms with E-state index in [0.29, 0.717) is 23.1 Å².